The van der Waals surface area contributed by atoms with Gasteiger partial charge >= 0.3 is 5.97 Å². The fourth-order valence-corrected chi connectivity index (χ4v) is 2.17. The van der Waals surface area contributed by atoms with Crippen molar-refractivity contribution in [1.82, 2.24) is 4.98 Å². The second-order valence-electron chi connectivity index (χ2n) is 3.82. The van der Waals surface area contributed by atoms with Gasteiger partial charge in [-0.3, -0.25) is 0 Å². The van der Waals surface area contributed by atoms with Crippen molar-refractivity contribution >= 4 is 23.6 Å². The quantitative estimate of drug-likeness (QED) is 0.671. The number of aromatic nitrogens is 1. The van der Waals surface area contributed by atoms with E-state index >= 15 is 0 Å². The molecule has 6 nitrogen and oxygen atoms in total. The number of ether oxygens (including phenoxy) is 2. The minimum Gasteiger partial charge on any atom is -0.495 e. The molecule has 1 aromatic heterocycles. The van der Waals surface area contributed by atoms with Crippen molar-refractivity contribution in [3.05, 3.63) is 35.9 Å². The van der Waals surface area contributed by atoms with Crippen LogP contribution in [0.2, 0.25) is 0 Å². The van der Waals surface area contributed by atoms with Crippen molar-refractivity contribution in [3.8, 4) is 5.75 Å². The van der Waals surface area contributed by atoms with Crippen molar-refractivity contribution in [2.75, 3.05) is 18.9 Å². The Morgan fingerprint density at radius 1 is 1.40 bits per heavy atom. The summed E-state index contributed by atoms with van der Waals surface area (Å²) in [5.74, 6) is 0.734. The van der Waals surface area contributed by atoms with Crippen LogP contribution in [0.15, 0.2) is 33.9 Å². The summed E-state index contributed by atoms with van der Waals surface area (Å²) in [5, 5.41) is 0.710. The first kappa shape index (κ1) is 14.3. The fraction of sp³-hybridized carbons (Fsp3) is 0.231. The molecule has 2 rings (SSSR count). The summed E-state index contributed by atoms with van der Waals surface area (Å²) < 4.78 is 18.1. The van der Waals surface area contributed by atoms with Gasteiger partial charge in [0.25, 0.3) is 0 Å². The first-order valence-corrected chi connectivity index (χ1v) is 6.57. The van der Waals surface area contributed by atoms with Crippen molar-refractivity contribution in [2.24, 2.45) is 0 Å². The Bertz CT molecular complexity index is 612. The molecule has 0 saturated heterocycles. The van der Waals surface area contributed by atoms with Crippen LogP contribution in [0.3, 0.4) is 0 Å². The van der Waals surface area contributed by atoms with Gasteiger partial charge < -0.3 is 18.6 Å². The lowest BCUT2D eigenvalue weighted by Crippen LogP contribution is -2.02. The predicted octanol–water partition coefficient (Wildman–Crippen LogP) is 2.90. The Hall–Kier alpha value is -2.15. The maximum atomic E-state index is 11.4. The minimum absolute atomic E-state index is 0.408. The molecular weight excluding hydrogens is 280 g/mol. The highest BCUT2D eigenvalue weighted by atomic mass is 32.2. The number of hydrogen-bond acceptors (Lipinski definition) is 7. The number of rotatable bonds is 5. The highest BCUT2D eigenvalue weighted by Gasteiger charge is 2.11. The van der Waals surface area contributed by atoms with Gasteiger partial charge in [-0.25, -0.2) is 9.78 Å². The highest BCUT2D eigenvalue weighted by molar-refractivity contribution is 8.00. The van der Waals surface area contributed by atoms with Crippen LogP contribution in [0.5, 0.6) is 5.75 Å². The molecule has 0 radical (unpaired) electrons. The van der Waals surface area contributed by atoms with E-state index in [0.29, 0.717) is 22.2 Å². The number of carbonyl (C=O) groups is 1. The molecule has 2 aromatic rings. The van der Waals surface area contributed by atoms with Crippen LogP contribution in [-0.2, 0) is 4.74 Å². The molecule has 1 heterocycles. The largest absolute Gasteiger partial charge is 0.495 e. The Morgan fingerprint density at radius 3 is 2.80 bits per heavy atom. The van der Waals surface area contributed by atoms with E-state index in [9.17, 15) is 4.79 Å². The zero-order valence-electron chi connectivity index (χ0n) is 11.3. The molecule has 0 unspecified atom stereocenters. The Balaban J connectivity index is 2.13. The average molecular weight is 294 g/mol. The van der Waals surface area contributed by atoms with Crippen molar-refractivity contribution in [3.63, 3.8) is 0 Å². The number of anilines is 1. The third kappa shape index (κ3) is 3.24. The van der Waals surface area contributed by atoms with Crippen LogP contribution in [-0.4, -0.2) is 25.2 Å². The van der Waals surface area contributed by atoms with E-state index in [2.05, 4.69) is 14.4 Å². The lowest BCUT2D eigenvalue weighted by atomic mass is 10.2. The second-order valence-corrected chi connectivity index (χ2v) is 4.64. The summed E-state index contributed by atoms with van der Waals surface area (Å²) in [7, 11) is 2.87. The number of carbonyl (C=O) groups excluding carboxylic acids is 1. The smallest absolute Gasteiger partial charge is 0.337 e. The van der Waals surface area contributed by atoms with Crippen LogP contribution in [0.1, 0.15) is 16.2 Å². The SMILES string of the molecule is COC(=O)c1ccc(NSc2coc(C)n2)c(OC)c1. The van der Waals surface area contributed by atoms with E-state index in [4.69, 9.17) is 9.15 Å². The standard InChI is InChI=1S/C13H14N2O4S/c1-8-14-12(7-19-8)20-15-10-5-4-9(13(16)18-3)6-11(10)17-2/h4-7,15H,1-3H3. The summed E-state index contributed by atoms with van der Waals surface area (Å²) >= 11 is 1.29. The van der Waals surface area contributed by atoms with Crippen LogP contribution in [0.25, 0.3) is 0 Å². The summed E-state index contributed by atoms with van der Waals surface area (Å²) in [4.78, 5) is 15.6. The van der Waals surface area contributed by atoms with E-state index in [0.717, 1.165) is 5.69 Å². The first-order valence-electron chi connectivity index (χ1n) is 5.75. The number of hydrogen-bond donors (Lipinski definition) is 1. The molecule has 106 valence electrons. The van der Waals surface area contributed by atoms with E-state index in [1.807, 2.05) is 0 Å². The Kier molecular flexibility index (Phi) is 4.52. The molecule has 0 aliphatic rings. The molecule has 0 bridgehead atoms. The third-order valence-electron chi connectivity index (χ3n) is 2.49. The molecule has 1 aromatic carbocycles. The zero-order chi connectivity index (χ0) is 14.5. The average Bonchev–Trinajstić information content (AvgIpc) is 2.89. The second kappa shape index (κ2) is 6.33. The van der Waals surface area contributed by atoms with E-state index in [1.54, 1.807) is 31.4 Å². The van der Waals surface area contributed by atoms with Crippen LogP contribution < -0.4 is 9.46 Å². The molecule has 0 saturated carbocycles. The van der Waals surface area contributed by atoms with Gasteiger partial charge in [0.2, 0.25) is 0 Å². The molecule has 7 heteroatoms. The van der Waals surface area contributed by atoms with Gasteiger partial charge in [0.15, 0.2) is 10.9 Å². The molecule has 20 heavy (non-hydrogen) atoms. The normalized spacial score (nSPS) is 10.2. The summed E-state index contributed by atoms with van der Waals surface area (Å²) in [6.07, 6.45) is 1.56. The summed E-state index contributed by atoms with van der Waals surface area (Å²) in [5.41, 5.74) is 1.16. The molecule has 0 spiro atoms. The summed E-state index contributed by atoms with van der Waals surface area (Å²) in [6, 6.07) is 5.01. The molecule has 0 atom stereocenters. The zero-order valence-corrected chi connectivity index (χ0v) is 12.1. The predicted molar refractivity (Wildman–Crippen MR) is 75.1 cm³/mol. The number of aryl methyl sites for hydroxylation is 1. The fourth-order valence-electron chi connectivity index (χ4n) is 1.52. The van der Waals surface area contributed by atoms with Gasteiger partial charge in [-0.15, -0.1) is 0 Å². The maximum Gasteiger partial charge on any atom is 0.337 e. The number of oxazole rings is 1. The molecule has 0 aliphatic carbocycles. The van der Waals surface area contributed by atoms with Gasteiger partial charge in [0.1, 0.15) is 12.0 Å². The van der Waals surface area contributed by atoms with Crippen LogP contribution >= 0.6 is 11.9 Å². The number of methoxy groups -OCH3 is 2. The van der Waals surface area contributed by atoms with Crippen LogP contribution in [0.4, 0.5) is 5.69 Å². The molecule has 0 fully saturated rings. The number of esters is 1. The van der Waals surface area contributed by atoms with Crippen molar-refractivity contribution in [2.45, 2.75) is 11.9 Å². The molecular formula is C13H14N2O4S. The Labute approximate surface area is 120 Å². The van der Waals surface area contributed by atoms with Gasteiger partial charge in [0, 0.05) is 18.9 Å². The van der Waals surface area contributed by atoms with Crippen molar-refractivity contribution in [1.29, 1.82) is 0 Å². The van der Waals surface area contributed by atoms with Gasteiger partial charge in [-0.1, -0.05) is 0 Å². The molecule has 0 amide bonds. The highest BCUT2D eigenvalue weighted by Crippen LogP contribution is 2.30. The molecule has 0 aliphatic heterocycles. The molecule has 1 N–H and O–H groups in total. The van der Waals surface area contributed by atoms with Gasteiger partial charge in [-0.05, 0) is 18.2 Å². The number of nitrogens with zero attached hydrogens (tertiary/aromatic N) is 1. The van der Waals surface area contributed by atoms with Gasteiger partial charge in [-0.2, -0.15) is 0 Å². The lowest BCUT2D eigenvalue weighted by molar-refractivity contribution is 0.0600. The summed E-state index contributed by atoms with van der Waals surface area (Å²) in [6.45, 7) is 1.77. The Morgan fingerprint density at radius 2 is 2.20 bits per heavy atom. The lowest BCUT2D eigenvalue weighted by Gasteiger charge is -2.10. The third-order valence-corrected chi connectivity index (χ3v) is 3.20. The topological polar surface area (TPSA) is 73.6 Å². The number of nitrogens with one attached hydrogen (secondary N) is 1. The van der Waals surface area contributed by atoms with E-state index < -0.39 is 5.97 Å². The minimum atomic E-state index is -0.408. The van der Waals surface area contributed by atoms with E-state index in [1.165, 1.54) is 26.2 Å². The monoisotopic (exact) mass is 294 g/mol. The first-order chi connectivity index (χ1) is 9.63. The van der Waals surface area contributed by atoms with Crippen LogP contribution in [0, 0.1) is 6.92 Å². The van der Waals surface area contributed by atoms with E-state index in [-0.39, 0.29) is 0 Å². The maximum absolute atomic E-state index is 11.4. The number of benzene rings is 1. The van der Waals surface area contributed by atoms with Gasteiger partial charge in [0.05, 0.1) is 25.5 Å². The van der Waals surface area contributed by atoms with Crippen molar-refractivity contribution < 1.29 is 18.7 Å².